The number of piperidine rings is 1. The molecule has 1 aliphatic carbocycles. The van der Waals surface area contributed by atoms with Gasteiger partial charge in [0.2, 0.25) is 0 Å². The Labute approximate surface area is 99.0 Å². The van der Waals surface area contributed by atoms with Gasteiger partial charge in [-0.25, -0.2) is 0 Å². The highest BCUT2D eigenvalue weighted by Gasteiger charge is 2.51. The van der Waals surface area contributed by atoms with Crippen molar-refractivity contribution in [2.75, 3.05) is 32.7 Å². The summed E-state index contributed by atoms with van der Waals surface area (Å²) in [7, 11) is 0. The minimum atomic E-state index is 0.350. The van der Waals surface area contributed by atoms with Gasteiger partial charge in [-0.2, -0.15) is 0 Å². The van der Waals surface area contributed by atoms with E-state index in [0.717, 1.165) is 18.5 Å². The Bertz CT molecular complexity index is 264. The molecule has 0 amide bonds. The molecule has 0 aromatic rings. The Morgan fingerprint density at radius 2 is 2.12 bits per heavy atom. The van der Waals surface area contributed by atoms with Crippen LogP contribution in [0.15, 0.2) is 0 Å². The van der Waals surface area contributed by atoms with Gasteiger partial charge in [0.25, 0.3) is 0 Å². The van der Waals surface area contributed by atoms with Crippen LogP contribution in [0, 0.1) is 5.92 Å². The van der Waals surface area contributed by atoms with Gasteiger partial charge in [0.15, 0.2) is 0 Å². The van der Waals surface area contributed by atoms with Crippen molar-refractivity contribution in [2.24, 2.45) is 11.7 Å². The number of fused-ring (bicyclic) bond motifs is 2. The first-order chi connectivity index (χ1) is 7.80. The molecular formula is C13H25N3. The second kappa shape index (κ2) is 3.97. The van der Waals surface area contributed by atoms with Crippen molar-refractivity contribution in [2.45, 2.75) is 44.2 Å². The Morgan fingerprint density at radius 3 is 2.75 bits per heavy atom. The van der Waals surface area contributed by atoms with E-state index in [-0.39, 0.29) is 0 Å². The fourth-order valence-corrected chi connectivity index (χ4v) is 4.12. The molecule has 3 fully saturated rings. The third-order valence-corrected chi connectivity index (χ3v) is 5.15. The van der Waals surface area contributed by atoms with Gasteiger partial charge in [0, 0.05) is 24.7 Å². The van der Waals surface area contributed by atoms with E-state index >= 15 is 0 Å². The molecule has 16 heavy (non-hydrogen) atoms. The summed E-state index contributed by atoms with van der Waals surface area (Å²) < 4.78 is 0. The van der Waals surface area contributed by atoms with Gasteiger partial charge in [-0.05, 0) is 51.2 Å². The fraction of sp³-hybridized carbons (Fsp3) is 1.00. The summed E-state index contributed by atoms with van der Waals surface area (Å²) in [5.41, 5.74) is 6.55. The Balaban J connectivity index is 1.85. The van der Waals surface area contributed by atoms with E-state index in [1.54, 1.807) is 0 Å². The van der Waals surface area contributed by atoms with Crippen LogP contribution in [0.5, 0.6) is 0 Å². The predicted octanol–water partition coefficient (Wildman–Crippen LogP) is 0.894. The van der Waals surface area contributed by atoms with Crippen LogP contribution in [0.3, 0.4) is 0 Å². The molecule has 92 valence electrons. The zero-order valence-corrected chi connectivity index (χ0v) is 10.5. The third-order valence-electron chi connectivity index (χ3n) is 5.15. The number of hydrogen-bond acceptors (Lipinski definition) is 3. The van der Waals surface area contributed by atoms with Crippen LogP contribution in [0.2, 0.25) is 0 Å². The standard InChI is InChI=1S/C13H25N3/c1-2-16(12-3-4-12)13(10-14)6-8-15-7-5-11(13)9-15/h11-12H,2-10,14H2,1H3. The summed E-state index contributed by atoms with van der Waals surface area (Å²) in [4.78, 5) is 5.39. The van der Waals surface area contributed by atoms with E-state index in [9.17, 15) is 0 Å². The van der Waals surface area contributed by atoms with E-state index in [1.807, 2.05) is 0 Å². The number of hydrogen-bond donors (Lipinski definition) is 1. The summed E-state index contributed by atoms with van der Waals surface area (Å²) in [6.45, 7) is 8.28. The summed E-state index contributed by atoms with van der Waals surface area (Å²) in [5, 5.41) is 0. The zero-order valence-electron chi connectivity index (χ0n) is 10.5. The monoisotopic (exact) mass is 223 g/mol. The van der Waals surface area contributed by atoms with Gasteiger partial charge in [-0.15, -0.1) is 0 Å². The van der Waals surface area contributed by atoms with E-state index < -0.39 is 0 Å². The quantitative estimate of drug-likeness (QED) is 0.768. The van der Waals surface area contributed by atoms with E-state index in [2.05, 4.69) is 16.7 Å². The minimum absolute atomic E-state index is 0.350. The second-order valence-corrected chi connectivity index (χ2v) is 5.86. The molecule has 0 spiro atoms. The number of nitrogens with zero attached hydrogens (tertiary/aromatic N) is 2. The van der Waals surface area contributed by atoms with E-state index in [4.69, 9.17) is 5.73 Å². The van der Waals surface area contributed by atoms with Crippen molar-refractivity contribution in [1.29, 1.82) is 0 Å². The minimum Gasteiger partial charge on any atom is -0.329 e. The lowest BCUT2D eigenvalue weighted by molar-refractivity contribution is 0.00507. The van der Waals surface area contributed by atoms with Crippen molar-refractivity contribution in [3.8, 4) is 0 Å². The van der Waals surface area contributed by atoms with Gasteiger partial charge in [0.05, 0.1) is 0 Å². The van der Waals surface area contributed by atoms with Gasteiger partial charge in [-0.3, -0.25) is 4.90 Å². The van der Waals surface area contributed by atoms with Crippen molar-refractivity contribution < 1.29 is 0 Å². The van der Waals surface area contributed by atoms with Crippen molar-refractivity contribution >= 4 is 0 Å². The van der Waals surface area contributed by atoms with Gasteiger partial charge < -0.3 is 10.6 Å². The lowest BCUT2D eigenvalue weighted by Crippen LogP contribution is -2.62. The molecule has 2 N–H and O–H groups in total. The zero-order chi connectivity index (χ0) is 11.2. The summed E-state index contributed by atoms with van der Waals surface area (Å²) >= 11 is 0. The first kappa shape index (κ1) is 11.0. The van der Waals surface area contributed by atoms with Gasteiger partial charge in [-0.1, -0.05) is 6.92 Å². The third kappa shape index (κ3) is 1.52. The molecule has 3 unspecified atom stereocenters. The van der Waals surface area contributed by atoms with E-state index in [1.165, 1.54) is 51.9 Å². The smallest absolute Gasteiger partial charge is 0.0387 e. The van der Waals surface area contributed by atoms with Crippen LogP contribution in [-0.4, -0.2) is 54.1 Å². The first-order valence-corrected chi connectivity index (χ1v) is 6.99. The molecule has 2 saturated heterocycles. The molecule has 3 atom stereocenters. The molecule has 0 aromatic heterocycles. The normalized spacial score (nSPS) is 42.9. The second-order valence-electron chi connectivity index (χ2n) is 5.86. The highest BCUT2D eigenvalue weighted by molar-refractivity contribution is 5.08. The Morgan fingerprint density at radius 1 is 1.31 bits per heavy atom. The molecule has 2 heterocycles. The van der Waals surface area contributed by atoms with Crippen LogP contribution in [-0.2, 0) is 0 Å². The lowest BCUT2D eigenvalue weighted by atomic mass is 9.77. The number of likely N-dealkylation sites (N-methyl/N-ethyl adjacent to an activating group) is 1. The van der Waals surface area contributed by atoms with Gasteiger partial charge in [0.1, 0.15) is 0 Å². The molecule has 1 saturated carbocycles. The largest absolute Gasteiger partial charge is 0.329 e. The molecular weight excluding hydrogens is 198 g/mol. The topological polar surface area (TPSA) is 32.5 Å². The average molecular weight is 223 g/mol. The molecule has 3 rings (SSSR count). The molecule has 0 aromatic carbocycles. The van der Waals surface area contributed by atoms with Crippen molar-refractivity contribution in [3.05, 3.63) is 0 Å². The number of nitrogens with two attached hydrogens (primary N) is 1. The van der Waals surface area contributed by atoms with Crippen molar-refractivity contribution in [3.63, 3.8) is 0 Å². The molecule has 2 aliphatic heterocycles. The molecule has 3 nitrogen and oxygen atoms in total. The Hall–Kier alpha value is -0.120. The predicted molar refractivity (Wildman–Crippen MR) is 66.4 cm³/mol. The molecule has 3 heteroatoms. The number of rotatable bonds is 4. The average Bonchev–Trinajstić information content (AvgIpc) is 3.06. The van der Waals surface area contributed by atoms with E-state index in [0.29, 0.717) is 5.54 Å². The lowest BCUT2D eigenvalue weighted by Gasteiger charge is -2.50. The summed E-state index contributed by atoms with van der Waals surface area (Å²) in [5.74, 6) is 0.840. The van der Waals surface area contributed by atoms with Crippen molar-refractivity contribution in [1.82, 2.24) is 9.80 Å². The summed E-state index contributed by atoms with van der Waals surface area (Å²) in [6, 6.07) is 0.862. The first-order valence-electron chi connectivity index (χ1n) is 6.99. The SMILES string of the molecule is CCN(C1CC1)C1(CN)CCN2CCC1C2. The highest BCUT2D eigenvalue weighted by atomic mass is 15.3. The molecule has 3 aliphatic rings. The van der Waals surface area contributed by atoms with Crippen LogP contribution < -0.4 is 5.73 Å². The highest BCUT2D eigenvalue weighted by Crippen LogP contribution is 2.43. The van der Waals surface area contributed by atoms with Crippen LogP contribution >= 0.6 is 0 Å². The van der Waals surface area contributed by atoms with Crippen LogP contribution in [0.25, 0.3) is 0 Å². The maximum Gasteiger partial charge on any atom is 0.0387 e. The van der Waals surface area contributed by atoms with Crippen LogP contribution in [0.4, 0.5) is 0 Å². The Kier molecular flexibility index (Phi) is 2.73. The maximum absolute atomic E-state index is 6.20. The summed E-state index contributed by atoms with van der Waals surface area (Å²) in [6.07, 6.45) is 5.50. The maximum atomic E-state index is 6.20. The van der Waals surface area contributed by atoms with Crippen LogP contribution in [0.1, 0.15) is 32.6 Å². The molecule has 2 bridgehead atoms. The van der Waals surface area contributed by atoms with Gasteiger partial charge >= 0.3 is 0 Å². The fourth-order valence-electron chi connectivity index (χ4n) is 4.12. The molecule has 0 radical (unpaired) electrons.